The minimum Gasteiger partial charge on any atom is -0.398 e. The van der Waals surface area contributed by atoms with Crippen LogP contribution in [0.2, 0.25) is 0 Å². The average molecular weight is 274 g/mol. The Morgan fingerprint density at radius 2 is 2.06 bits per heavy atom. The van der Waals surface area contributed by atoms with Crippen molar-refractivity contribution >= 4 is 21.4 Å². The predicted octanol–water partition coefficient (Wildman–Crippen LogP) is 0.491. The van der Waals surface area contributed by atoms with Gasteiger partial charge in [-0.05, 0) is 19.1 Å². The van der Waals surface area contributed by atoms with E-state index in [9.17, 15) is 17.6 Å². The molecule has 0 fully saturated rings. The average Bonchev–Trinajstić information content (AvgIpc) is 2.23. The number of hydrogen-bond acceptors (Lipinski definition) is 4. The molecule has 5 nitrogen and oxygen atoms in total. The van der Waals surface area contributed by atoms with Crippen LogP contribution in [-0.4, -0.2) is 32.9 Å². The highest BCUT2D eigenvalue weighted by atomic mass is 32.2. The smallest absolute Gasteiger partial charge is 0.251 e. The van der Waals surface area contributed by atoms with Crippen LogP contribution in [0.1, 0.15) is 15.9 Å². The van der Waals surface area contributed by atoms with Gasteiger partial charge in [-0.25, -0.2) is 12.8 Å². The van der Waals surface area contributed by atoms with Gasteiger partial charge in [0.15, 0.2) is 0 Å². The fraction of sp³-hybridized carbons (Fsp3) is 0.364. The highest BCUT2D eigenvalue weighted by molar-refractivity contribution is 7.90. The molecule has 100 valence electrons. The zero-order chi connectivity index (χ0) is 13.9. The molecule has 0 aliphatic carbocycles. The van der Waals surface area contributed by atoms with Crippen LogP contribution in [0.25, 0.3) is 0 Å². The molecule has 1 amide bonds. The second kappa shape index (κ2) is 5.34. The molecule has 1 aromatic rings. The second-order valence-electron chi connectivity index (χ2n) is 4.06. The summed E-state index contributed by atoms with van der Waals surface area (Å²) < 4.78 is 35.1. The number of nitrogens with two attached hydrogens (primary N) is 1. The van der Waals surface area contributed by atoms with E-state index in [1.54, 1.807) is 0 Å². The number of halogens is 1. The number of amides is 1. The Morgan fingerprint density at radius 1 is 1.44 bits per heavy atom. The molecule has 0 spiro atoms. The topological polar surface area (TPSA) is 89.3 Å². The molecule has 0 bridgehead atoms. The van der Waals surface area contributed by atoms with Crippen LogP contribution >= 0.6 is 0 Å². The minimum absolute atomic E-state index is 0.0208. The van der Waals surface area contributed by atoms with Crippen molar-refractivity contribution in [1.82, 2.24) is 5.32 Å². The summed E-state index contributed by atoms with van der Waals surface area (Å²) in [6.07, 6.45) is 1.07. The van der Waals surface area contributed by atoms with Gasteiger partial charge in [-0.2, -0.15) is 0 Å². The van der Waals surface area contributed by atoms with Crippen molar-refractivity contribution in [3.63, 3.8) is 0 Å². The lowest BCUT2D eigenvalue weighted by Gasteiger charge is -2.07. The van der Waals surface area contributed by atoms with Crippen molar-refractivity contribution in [2.24, 2.45) is 0 Å². The van der Waals surface area contributed by atoms with Crippen LogP contribution in [0.3, 0.4) is 0 Å². The van der Waals surface area contributed by atoms with Gasteiger partial charge in [0.25, 0.3) is 5.91 Å². The van der Waals surface area contributed by atoms with Gasteiger partial charge < -0.3 is 11.1 Å². The molecule has 0 radical (unpaired) electrons. The molecule has 0 heterocycles. The number of nitrogens with one attached hydrogen (secondary N) is 1. The van der Waals surface area contributed by atoms with Crippen molar-refractivity contribution in [3.8, 4) is 0 Å². The van der Waals surface area contributed by atoms with Gasteiger partial charge in [0, 0.05) is 29.6 Å². The zero-order valence-corrected chi connectivity index (χ0v) is 11.0. The van der Waals surface area contributed by atoms with Crippen molar-refractivity contribution in [2.75, 3.05) is 24.3 Å². The summed E-state index contributed by atoms with van der Waals surface area (Å²) in [7, 11) is -3.14. The Hall–Kier alpha value is -1.63. The molecule has 18 heavy (non-hydrogen) atoms. The van der Waals surface area contributed by atoms with Gasteiger partial charge >= 0.3 is 0 Å². The van der Waals surface area contributed by atoms with Crippen molar-refractivity contribution < 1.29 is 17.6 Å². The normalized spacial score (nSPS) is 11.3. The number of anilines is 1. The van der Waals surface area contributed by atoms with Gasteiger partial charge in [0.05, 0.1) is 5.75 Å². The number of carbonyl (C=O) groups is 1. The van der Waals surface area contributed by atoms with E-state index in [-0.39, 0.29) is 29.1 Å². The number of rotatable bonds is 4. The standard InChI is InChI=1S/C11H15FN2O3S/c1-7-9(12)5-8(6-10(7)13)11(15)14-3-4-18(2,16)17/h5-6H,3-4,13H2,1-2H3,(H,14,15). The summed E-state index contributed by atoms with van der Waals surface area (Å²) >= 11 is 0. The molecular weight excluding hydrogens is 259 g/mol. The fourth-order valence-electron chi connectivity index (χ4n) is 1.28. The lowest BCUT2D eigenvalue weighted by Crippen LogP contribution is -2.29. The number of nitrogen functional groups attached to an aromatic ring is 1. The highest BCUT2D eigenvalue weighted by Crippen LogP contribution is 2.17. The molecule has 0 aliphatic heterocycles. The molecule has 0 unspecified atom stereocenters. The van der Waals surface area contributed by atoms with Crippen LogP contribution < -0.4 is 11.1 Å². The molecule has 3 N–H and O–H groups in total. The van der Waals surface area contributed by atoms with Crippen molar-refractivity contribution in [2.45, 2.75) is 6.92 Å². The van der Waals surface area contributed by atoms with Gasteiger partial charge in [-0.1, -0.05) is 0 Å². The van der Waals surface area contributed by atoms with E-state index >= 15 is 0 Å². The molecule has 0 saturated carbocycles. The Bertz CT molecular complexity index is 547. The molecular formula is C11H15FN2O3S. The molecule has 0 atom stereocenters. The van der Waals surface area contributed by atoms with Gasteiger partial charge in [-0.15, -0.1) is 0 Å². The van der Waals surface area contributed by atoms with E-state index in [1.807, 2.05) is 0 Å². The first-order valence-corrected chi connectivity index (χ1v) is 7.28. The number of carbonyl (C=O) groups excluding carboxylic acids is 1. The molecule has 0 aliphatic rings. The van der Waals surface area contributed by atoms with Crippen molar-refractivity contribution in [1.29, 1.82) is 0 Å². The SMILES string of the molecule is Cc1c(N)cc(C(=O)NCCS(C)(=O)=O)cc1F. The minimum atomic E-state index is -3.14. The van der Waals surface area contributed by atoms with Gasteiger partial charge in [0.2, 0.25) is 0 Å². The first-order valence-electron chi connectivity index (χ1n) is 5.22. The van der Waals surface area contributed by atoms with E-state index in [4.69, 9.17) is 5.73 Å². The van der Waals surface area contributed by atoms with Gasteiger partial charge in [-0.3, -0.25) is 4.79 Å². The second-order valence-corrected chi connectivity index (χ2v) is 6.32. The lowest BCUT2D eigenvalue weighted by atomic mass is 10.1. The van der Waals surface area contributed by atoms with Crippen LogP contribution in [0.4, 0.5) is 10.1 Å². The van der Waals surface area contributed by atoms with Gasteiger partial charge in [0.1, 0.15) is 15.7 Å². The Kier molecular flexibility index (Phi) is 4.28. The fourth-order valence-corrected chi connectivity index (χ4v) is 1.76. The lowest BCUT2D eigenvalue weighted by molar-refractivity contribution is 0.0955. The van der Waals surface area contributed by atoms with Crippen LogP contribution in [0.5, 0.6) is 0 Å². The summed E-state index contributed by atoms with van der Waals surface area (Å²) in [5, 5.41) is 2.39. The van der Waals surface area contributed by atoms with Crippen LogP contribution in [0.15, 0.2) is 12.1 Å². The molecule has 7 heteroatoms. The third-order valence-electron chi connectivity index (χ3n) is 2.41. The summed E-state index contributed by atoms with van der Waals surface area (Å²) in [4.78, 5) is 11.6. The molecule has 1 aromatic carbocycles. The summed E-state index contributed by atoms with van der Waals surface area (Å²) in [6, 6.07) is 2.43. The van der Waals surface area contributed by atoms with E-state index in [0.29, 0.717) is 0 Å². The maximum absolute atomic E-state index is 13.4. The summed E-state index contributed by atoms with van der Waals surface area (Å²) in [5.74, 6) is -1.28. The highest BCUT2D eigenvalue weighted by Gasteiger charge is 2.11. The first-order chi connectivity index (χ1) is 8.20. The predicted molar refractivity (Wildman–Crippen MR) is 67.6 cm³/mol. The van der Waals surface area contributed by atoms with Crippen LogP contribution in [0, 0.1) is 12.7 Å². The van der Waals surface area contributed by atoms with E-state index in [2.05, 4.69) is 5.32 Å². The Labute approximate surface area is 105 Å². The molecule has 0 aromatic heterocycles. The van der Waals surface area contributed by atoms with E-state index in [0.717, 1.165) is 12.3 Å². The summed E-state index contributed by atoms with van der Waals surface area (Å²) in [6.45, 7) is 1.49. The first kappa shape index (κ1) is 14.4. The maximum atomic E-state index is 13.4. The maximum Gasteiger partial charge on any atom is 0.251 e. The zero-order valence-electron chi connectivity index (χ0n) is 10.2. The molecule has 1 rings (SSSR count). The quantitative estimate of drug-likeness (QED) is 0.782. The monoisotopic (exact) mass is 274 g/mol. The van der Waals surface area contributed by atoms with Crippen molar-refractivity contribution in [3.05, 3.63) is 29.1 Å². The number of sulfone groups is 1. The Morgan fingerprint density at radius 3 is 2.56 bits per heavy atom. The Balaban J connectivity index is 2.74. The van der Waals surface area contributed by atoms with Crippen LogP contribution in [-0.2, 0) is 9.84 Å². The number of hydrogen-bond donors (Lipinski definition) is 2. The summed E-state index contributed by atoms with van der Waals surface area (Å²) in [5.41, 5.74) is 6.08. The third-order valence-corrected chi connectivity index (χ3v) is 3.35. The van der Waals surface area contributed by atoms with E-state index < -0.39 is 21.6 Å². The van der Waals surface area contributed by atoms with E-state index in [1.165, 1.54) is 13.0 Å². The number of benzene rings is 1. The molecule has 0 saturated heterocycles. The largest absolute Gasteiger partial charge is 0.398 e. The third kappa shape index (κ3) is 3.99.